The van der Waals surface area contributed by atoms with Crippen LogP contribution in [0.25, 0.3) is 0 Å². The highest BCUT2D eigenvalue weighted by molar-refractivity contribution is 7.13. The largest absolute Gasteiger partial charge is 0.395 e. The van der Waals surface area contributed by atoms with Crippen LogP contribution in [0.5, 0.6) is 0 Å². The van der Waals surface area contributed by atoms with Gasteiger partial charge in [0.25, 0.3) is 0 Å². The van der Waals surface area contributed by atoms with Crippen molar-refractivity contribution < 1.29 is 5.11 Å². The highest BCUT2D eigenvalue weighted by Crippen LogP contribution is 2.22. The maximum Gasteiger partial charge on any atom is 0.188 e. The van der Waals surface area contributed by atoms with Crippen LogP contribution in [-0.2, 0) is 6.42 Å². The van der Waals surface area contributed by atoms with E-state index in [1.54, 1.807) is 17.5 Å². The van der Waals surface area contributed by atoms with E-state index in [1.165, 1.54) is 12.8 Å². The van der Waals surface area contributed by atoms with Crippen molar-refractivity contribution in [3.05, 3.63) is 35.5 Å². The van der Waals surface area contributed by atoms with E-state index in [0.29, 0.717) is 5.92 Å². The highest BCUT2D eigenvalue weighted by atomic mass is 32.1. The van der Waals surface area contributed by atoms with Crippen LogP contribution >= 0.6 is 11.3 Å². The Balaban J connectivity index is 1.54. The molecule has 0 atom stereocenters. The minimum absolute atomic E-state index is 0.261. The fourth-order valence-corrected chi connectivity index (χ4v) is 3.44. The van der Waals surface area contributed by atoms with Crippen molar-refractivity contribution in [3.63, 3.8) is 0 Å². The molecule has 0 spiro atoms. The number of aromatic nitrogens is 2. The van der Waals surface area contributed by atoms with Crippen molar-refractivity contribution in [1.29, 1.82) is 0 Å². The number of aliphatic hydroxyl groups excluding tert-OH is 1. The Labute approximate surface area is 135 Å². The molecule has 0 saturated carbocycles. The molecule has 3 heterocycles. The molecule has 5 nitrogen and oxygen atoms in total. The normalized spacial score (nSPS) is 16.8. The summed E-state index contributed by atoms with van der Waals surface area (Å²) in [6.45, 7) is 3.24. The van der Waals surface area contributed by atoms with Gasteiger partial charge in [-0.3, -0.25) is 0 Å². The quantitative estimate of drug-likeness (QED) is 0.857. The summed E-state index contributed by atoms with van der Waals surface area (Å²) < 4.78 is 0. The van der Waals surface area contributed by atoms with Crippen molar-refractivity contribution in [2.45, 2.75) is 19.3 Å². The summed E-state index contributed by atoms with van der Waals surface area (Å²) in [7, 11) is 0. The van der Waals surface area contributed by atoms with E-state index in [4.69, 9.17) is 10.1 Å². The predicted octanol–water partition coefficient (Wildman–Crippen LogP) is 2.53. The number of likely N-dealkylation sites (tertiary alicyclic amines) is 1. The number of thiazole rings is 1. The number of hydrogen-bond donors (Lipinski definition) is 2. The van der Waals surface area contributed by atoms with Crippen LogP contribution < -0.4 is 5.32 Å². The Morgan fingerprint density at radius 2 is 2.18 bits per heavy atom. The average molecular weight is 318 g/mol. The third kappa shape index (κ3) is 4.25. The number of piperidine rings is 1. The van der Waals surface area contributed by atoms with Crippen molar-refractivity contribution in [2.24, 2.45) is 5.92 Å². The average Bonchev–Trinajstić information content (AvgIpc) is 3.03. The molecule has 2 aromatic heterocycles. The van der Waals surface area contributed by atoms with E-state index in [-0.39, 0.29) is 6.61 Å². The van der Waals surface area contributed by atoms with Crippen LogP contribution in [-0.4, -0.2) is 46.2 Å². The van der Waals surface area contributed by atoms with Crippen molar-refractivity contribution in [1.82, 2.24) is 14.9 Å². The van der Waals surface area contributed by atoms with Gasteiger partial charge in [0, 0.05) is 23.8 Å². The van der Waals surface area contributed by atoms with Crippen LogP contribution in [0.1, 0.15) is 18.5 Å². The number of aliphatic hydroxyl groups is 1. The second-order valence-corrected chi connectivity index (χ2v) is 6.58. The van der Waals surface area contributed by atoms with Crippen LogP contribution in [0.3, 0.4) is 0 Å². The third-order valence-electron chi connectivity index (χ3n) is 4.10. The Morgan fingerprint density at radius 3 is 2.91 bits per heavy atom. The smallest absolute Gasteiger partial charge is 0.188 e. The Bertz CT molecular complexity index is 567. The number of rotatable bonds is 6. The third-order valence-corrected chi connectivity index (χ3v) is 4.78. The van der Waals surface area contributed by atoms with E-state index < -0.39 is 0 Å². The van der Waals surface area contributed by atoms with Crippen LogP contribution in [0, 0.1) is 5.92 Å². The summed E-state index contributed by atoms with van der Waals surface area (Å²) in [6, 6.07) is 6.14. The van der Waals surface area contributed by atoms with E-state index in [2.05, 4.69) is 27.3 Å². The number of anilines is 2. The summed E-state index contributed by atoms with van der Waals surface area (Å²) >= 11 is 1.58. The molecule has 3 rings (SSSR count). The lowest BCUT2D eigenvalue weighted by Gasteiger charge is -2.31. The number of nitrogens with zero attached hydrogens (tertiary/aromatic N) is 3. The van der Waals surface area contributed by atoms with Gasteiger partial charge in [0.2, 0.25) is 0 Å². The van der Waals surface area contributed by atoms with Crippen molar-refractivity contribution in [2.75, 3.05) is 31.6 Å². The summed E-state index contributed by atoms with van der Waals surface area (Å²) in [5, 5.41) is 15.1. The molecule has 0 amide bonds. The molecule has 6 heteroatoms. The van der Waals surface area contributed by atoms with Gasteiger partial charge < -0.3 is 15.3 Å². The standard InChI is InChI=1S/C16H22N4OS/c21-10-9-20-7-4-13(5-8-20)12-14-2-1-3-15(18-14)19-16-17-6-11-22-16/h1-3,6,11,13,21H,4-5,7-10,12H2,(H,17,18,19). The molecule has 2 aromatic rings. The molecule has 1 aliphatic rings. The first-order chi connectivity index (χ1) is 10.8. The van der Waals surface area contributed by atoms with Gasteiger partial charge in [-0.05, 0) is 50.4 Å². The molecule has 0 aromatic carbocycles. The number of pyridine rings is 1. The fraction of sp³-hybridized carbons (Fsp3) is 0.500. The van der Waals surface area contributed by atoms with Gasteiger partial charge in [0.05, 0.1) is 6.61 Å². The van der Waals surface area contributed by atoms with Crippen LogP contribution in [0.15, 0.2) is 29.8 Å². The highest BCUT2D eigenvalue weighted by Gasteiger charge is 2.19. The second-order valence-electron chi connectivity index (χ2n) is 5.69. The summed E-state index contributed by atoms with van der Waals surface area (Å²) in [5.74, 6) is 1.56. The fourth-order valence-electron chi connectivity index (χ4n) is 2.91. The minimum Gasteiger partial charge on any atom is -0.395 e. The number of β-amino-alcohol motifs (C(OH)–C–C–N with tert-alkyl or cyclic N) is 1. The van der Waals surface area contributed by atoms with E-state index >= 15 is 0 Å². The van der Waals surface area contributed by atoms with E-state index in [0.717, 1.165) is 42.7 Å². The molecule has 0 radical (unpaired) electrons. The zero-order chi connectivity index (χ0) is 15.2. The molecule has 0 aliphatic carbocycles. The zero-order valence-electron chi connectivity index (χ0n) is 12.6. The molecule has 118 valence electrons. The maximum absolute atomic E-state index is 8.99. The van der Waals surface area contributed by atoms with E-state index in [1.807, 2.05) is 11.4 Å². The first-order valence-corrected chi connectivity index (χ1v) is 8.67. The van der Waals surface area contributed by atoms with Gasteiger partial charge in [-0.15, -0.1) is 11.3 Å². The summed E-state index contributed by atoms with van der Waals surface area (Å²) in [5.41, 5.74) is 1.14. The van der Waals surface area contributed by atoms with Gasteiger partial charge in [-0.25, -0.2) is 9.97 Å². The second kappa shape index (κ2) is 7.67. The van der Waals surface area contributed by atoms with Crippen LogP contribution in [0.2, 0.25) is 0 Å². The Kier molecular flexibility index (Phi) is 5.37. The minimum atomic E-state index is 0.261. The molecule has 22 heavy (non-hydrogen) atoms. The molecule has 1 saturated heterocycles. The lowest BCUT2D eigenvalue weighted by molar-refractivity contribution is 0.147. The molecule has 2 N–H and O–H groups in total. The van der Waals surface area contributed by atoms with Gasteiger partial charge in [0.15, 0.2) is 5.13 Å². The first-order valence-electron chi connectivity index (χ1n) is 7.79. The molecular formula is C16H22N4OS. The molecule has 1 fully saturated rings. The molecule has 0 bridgehead atoms. The predicted molar refractivity (Wildman–Crippen MR) is 89.6 cm³/mol. The maximum atomic E-state index is 8.99. The summed E-state index contributed by atoms with van der Waals surface area (Å²) in [4.78, 5) is 11.3. The van der Waals surface area contributed by atoms with E-state index in [9.17, 15) is 0 Å². The first kappa shape index (κ1) is 15.4. The molecule has 0 unspecified atom stereocenters. The van der Waals surface area contributed by atoms with Crippen LogP contribution in [0.4, 0.5) is 10.9 Å². The monoisotopic (exact) mass is 318 g/mol. The molecule has 1 aliphatic heterocycles. The van der Waals surface area contributed by atoms with Gasteiger partial charge >= 0.3 is 0 Å². The van der Waals surface area contributed by atoms with Gasteiger partial charge in [-0.2, -0.15) is 0 Å². The molecular weight excluding hydrogens is 296 g/mol. The summed E-state index contributed by atoms with van der Waals surface area (Å²) in [6.07, 6.45) is 5.19. The lowest BCUT2D eigenvalue weighted by atomic mass is 9.92. The van der Waals surface area contributed by atoms with Crippen molar-refractivity contribution >= 4 is 22.3 Å². The number of hydrogen-bond acceptors (Lipinski definition) is 6. The van der Waals surface area contributed by atoms with Crippen molar-refractivity contribution in [3.8, 4) is 0 Å². The topological polar surface area (TPSA) is 61.3 Å². The lowest BCUT2D eigenvalue weighted by Crippen LogP contribution is -2.36. The Morgan fingerprint density at radius 1 is 1.32 bits per heavy atom. The van der Waals surface area contributed by atoms with Gasteiger partial charge in [0.1, 0.15) is 5.82 Å². The Hall–Kier alpha value is -1.50. The number of nitrogens with one attached hydrogen (secondary N) is 1. The SMILES string of the molecule is OCCN1CCC(Cc2cccc(Nc3nccs3)n2)CC1. The zero-order valence-corrected chi connectivity index (χ0v) is 13.4. The van der Waals surface area contributed by atoms with Gasteiger partial charge in [-0.1, -0.05) is 6.07 Å².